The number of nitrogens with zero attached hydrogens (tertiary/aromatic N) is 1. The highest BCUT2D eigenvalue weighted by molar-refractivity contribution is 7.86. The summed E-state index contributed by atoms with van der Waals surface area (Å²) < 4.78 is 37.1. The molecule has 3 atom stereocenters. The zero-order valence-corrected chi connectivity index (χ0v) is 19.1. The van der Waals surface area contributed by atoms with Crippen LogP contribution in [0.3, 0.4) is 0 Å². The molecule has 29 heavy (non-hydrogen) atoms. The summed E-state index contributed by atoms with van der Waals surface area (Å²) in [6, 6.07) is 20.9. The lowest BCUT2D eigenvalue weighted by Gasteiger charge is -2.30. The molecule has 0 aliphatic carbocycles. The van der Waals surface area contributed by atoms with E-state index in [-0.39, 0.29) is 5.92 Å². The normalized spacial score (nSPS) is 23.4. The van der Waals surface area contributed by atoms with Crippen LogP contribution in [0.4, 0.5) is 0 Å². The maximum Gasteiger partial charge on any atom is 0.0980 e. The van der Waals surface area contributed by atoms with Crippen LogP contribution in [0.25, 0.3) is 0 Å². The van der Waals surface area contributed by atoms with Crippen molar-refractivity contribution in [3.8, 4) is 0 Å². The van der Waals surface area contributed by atoms with Crippen molar-refractivity contribution < 1.29 is 17.5 Å². The van der Waals surface area contributed by atoms with Crippen LogP contribution in [-0.4, -0.2) is 55.5 Å². The first kappa shape index (κ1) is 22.4. The number of likely N-dealkylation sites (tertiary alicyclic amines) is 1. The van der Waals surface area contributed by atoms with Crippen LogP contribution in [-0.2, 0) is 10.1 Å². The van der Waals surface area contributed by atoms with Crippen LogP contribution < -0.4 is 10.6 Å². The minimum absolute atomic E-state index is 0.0119. The molecule has 0 N–H and O–H groups in total. The molecule has 0 amide bonds. The second kappa shape index (κ2) is 9.70. The Bertz CT molecular complexity index is 836. The lowest BCUT2D eigenvalue weighted by molar-refractivity contribution is -0.897. The van der Waals surface area contributed by atoms with Crippen molar-refractivity contribution in [2.24, 2.45) is 5.92 Å². The van der Waals surface area contributed by atoms with Crippen LogP contribution in [0.5, 0.6) is 0 Å². The molecule has 3 rings (SSSR count). The fourth-order valence-electron chi connectivity index (χ4n) is 4.51. The summed E-state index contributed by atoms with van der Waals surface area (Å²) in [6.45, 7) is 4.88. The van der Waals surface area contributed by atoms with Gasteiger partial charge in [-0.25, -0.2) is 8.42 Å². The van der Waals surface area contributed by atoms with Crippen LogP contribution in [0, 0.1) is 5.92 Å². The van der Waals surface area contributed by atoms with Gasteiger partial charge in [0.1, 0.15) is 0 Å². The van der Waals surface area contributed by atoms with E-state index in [1.54, 1.807) is 0 Å². The first-order chi connectivity index (χ1) is 13.8. The van der Waals surface area contributed by atoms with Crippen molar-refractivity contribution >= 4 is 28.6 Å². The van der Waals surface area contributed by atoms with E-state index in [9.17, 15) is 13.0 Å². The van der Waals surface area contributed by atoms with Gasteiger partial charge in [-0.05, 0) is 44.5 Å². The standard InChI is InChI=1S/C23H32NO3PS/c1-3-24(2)17-16-20(19-24)23(29(25,26)27)15-10-18-28(21-11-6-4-7-12-21)22-13-8-5-9-14-22/h4-9,11-14,20,23H,3,10,15-19H2,1-2H3. The Hall–Kier alpha value is -1.26. The summed E-state index contributed by atoms with van der Waals surface area (Å²) in [5.74, 6) is -0.0119. The highest BCUT2D eigenvalue weighted by Crippen LogP contribution is 2.36. The molecule has 0 radical (unpaired) electrons. The first-order valence-corrected chi connectivity index (χ1v) is 13.5. The van der Waals surface area contributed by atoms with Crippen molar-refractivity contribution in [3.05, 3.63) is 60.7 Å². The summed E-state index contributed by atoms with van der Waals surface area (Å²) in [5.41, 5.74) is 0. The van der Waals surface area contributed by atoms with Gasteiger partial charge < -0.3 is 9.04 Å². The van der Waals surface area contributed by atoms with E-state index in [4.69, 9.17) is 0 Å². The summed E-state index contributed by atoms with van der Waals surface area (Å²) in [5, 5.41) is 1.84. The van der Waals surface area contributed by atoms with E-state index in [1.807, 2.05) is 12.1 Å². The molecule has 1 aliphatic rings. The molecule has 1 saturated heterocycles. The topological polar surface area (TPSA) is 57.2 Å². The third kappa shape index (κ3) is 5.88. The fourth-order valence-corrected chi connectivity index (χ4v) is 8.03. The van der Waals surface area contributed by atoms with Gasteiger partial charge in [-0.3, -0.25) is 0 Å². The molecule has 3 unspecified atom stereocenters. The molecule has 0 spiro atoms. The van der Waals surface area contributed by atoms with E-state index in [0.717, 1.165) is 43.1 Å². The van der Waals surface area contributed by atoms with Crippen molar-refractivity contribution in [1.82, 2.24) is 0 Å². The van der Waals surface area contributed by atoms with Crippen molar-refractivity contribution in [3.63, 3.8) is 0 Å². The van der Waals surface area contributed by atoms with Crippen LogP contribution >= 0.6 is 7.92 Å². The second-order valence-corrected chi connectivity index (χ2v) is 12.3. The first-order valence-electron chi connectivity index (χ1n) is 10.5. The van der Waals surface area contributed by atoms with Crippen LogP contribution in [0.2, 0.25) is 0 Å². The Kier molecular flexibility index (Phi) is 7.50. The zero-order valence-electron chi connectivity index (χ0n) is 17.4. The van der Waals surface area contributed by atoms with Gasteiger partial charge in [-0.2, -0.15) is 0 Å². The van der Waals surface area contributed by atoms with Gasteiger partial charge in [-0.1, -0.05) is 60.7 Å². The van der Waals surface area contributed by atoms with Crippen molar-refractivity contribution in [1.29, 1.82) is 0 Å². The minimum atomic E-state index is -4.29. The zero-order chi connectivity index (χ0) is 20.9. The fraction of sp³-hybridized carbons (Fsp3) is 0.478. The van der Waals surface area contributed by atoms with Gasteiger partial charge in [0.15, 0.2) is 0 Å². The Morgan fingerprint density at radius 3 is 2.07 bits per heavy atom. The summed E-state index contributed by atoms with van der Waals surface area (Å²) in [4.78, 5) is 0. The average Bonchev–Trinajstić information content (AvgIpc) is 3.10. The number of benzene rings is 2. The highest BCUT2D eigenvalue weighted by Gasteiger charge is 2.40. The quantitative estimate of drug-likeness (QED) is 0.346. The summed E-state index contributed by atoms with van der Waals surface area (Å²) in [6.07, 6.45) is 2.97. The SMILES string of the molecule is CC[N+]1(C)CCC(C(CCCP(c2ccccc2)c2ccccc2)S(=O)(=O)[O-])C1. The molecular formula is C23H32NO3PS. The number of quaternary nitrogens is 1. The molecule has 158 valence electrons. The predicted octanol–water partition coefficient (Wildman–Crippen LogP) is 3.30. The number of rotatable bonds is 9. The number of hydrogen-bond donors (Lipinski definition) is 0. The summed E-state index contributed by atoms with van der Waals surface area (Å²) >= 11 is 0. The van der Waals surface area contributed by atoms with E-state index in [0.29, 0.717) is 6.42 Å². The Labute approximate surface area is 177 Å². The van der Waals surface area contributed by atoms with Crippen molar-refractivity contribution in [2.45, 2.75) is 31.4 Å². The monoisotopic (exact) mass is 433 g/mol. The maximum atomic E-state index is 12.1. The molecule has 2 aromatic carbocycles. The number of hydrogen-bond acceptors (Lipinski definition) is 3. The van der Waals surface area contributed by atoms with Gasteiger partial charge in [0.25, 0.3) is 0 Å². The third-order valence-corrected chi connectivity index (χ3v) is 10.3. The highest BCUT2D eigenvalue weighted by atomic mass is 32.2. The van der Waals surface area contributed by atoms with E-state index < -0.39 is 23.3 Å². The molecule has 2 aromatic rings. The van der Waals surface area contributed by atoms with Crippen molar-refractivity contribution in [2.75, 3.05) is 32.8 Å². The molecule has 0 aromatic heterocycles. The minimum Gasteiger partial charge on any atom is -0.748 e. The van der Waals surface area contributed by atoms with Gasteiger partial charge in [0.2, 0.25) is 0 Å². The Balaban J connectivity index is 1.71. The molecule has 4 nitrogen and oxygen atoms in total. The molecule has 6 heteroatoms. The van der Waals surface area contributed by atoms with Crippen LogP contribution in [0.1, 0.15) is 26.2 Å². The van der Waals surface area contributed by atoms with Gasteiger partial charge in [0, 0.05) is 12.3 Å². The maximum absolute atomic E-state index is 12.1. The molecular weight excluding hydrogens is 401 g/mol. The van der Waals surface area contributed by atoms with E-state index >= 15 is 0 Å². The smallest absolute Gasteiger partial charge is 0.0980 e. The van der Waals surface area contributed by atoms with Gasteiger partial charge in [-0.15, -0.1) is 0 Å². The second-order valence-electron chi connectivity index (χ2n) is 8.39. The lowest BCUT2D eigenvalue weighted by atomic mass is 10.0. The van der Waals surface area contributed by atoms with Crippen LogP contribution in [0.15, 0.2) is 60.7 Å². The average molecular weight is 434 g/mol. The molecule has 0 bridgehead atoms. The van der Waals surface area contributed by atoms with Gasteiger partial charge >= 0.3 is 0 Å². The molecule has 1 aliphatic heterocycles. The van der Waals surface area contributed by atoms with E-state index in [2.05, 4.69) is 62.5 Å². The third-order valence-electron chi connectivity index (χ3n) is 6.38. The molecule has 0 saturated carbocycles. The Morgan fingerprint density at radius 2 is 1.62 bits per heavy atom. The Morgan fingerprint density at radius 1 is 1.07 bits per heavy atom. The largest absolute Gasteiger partial charge is 0.748 e. The van der Waals surface area contributed by atoms with Gasteiger partial charge in [0.05, 0.1) is 42.1 Å². The molecule has 1 fully saturated rings. The lowest BCUT2D eigenvalue weighted by Crippen LogP contribution is -2.43. The summed E-state index contributed by atoms with van der Waals surface area (Å²) in [7, 11) is -2.67. The predicted molar refractivity (Wildman–Crippen MR) is 121 cm³/mol. The molecule has 1 heterocycles. The van der Waals surface area contributed by atoms with E-state index in [1.165, 1.54) is 10.6 Å².